The number of piperidine rings is 1. The Labute approximate surface area is 67.0 Å². The normalized spacial score (nSPS) is 27.5. The first-order valence-corrected chi connectivity index (χ1v) is 4.06. The smallest absolute Gasteiger partial charge is 0.138 e. The van der Waals surface area contributed by atoms with E-state index in [1.54, 1.807) is 0 Å². The van der Waals surface area contributed by atoms with E-state index in [4.69, 9.17) is 5.11 Å². The first-order valence-electron chi connectivity index (χ1n) is 4.06. The molecule has 11 heavy (non-hydrogen) atoms. The molecule has 0 aromatic heterocycles. The molecule has 0 saturated carbocycles. The number of carbonyl (C=O) groups excluding carboxylic acids is 1. The van der Waals surface area contributed by atoms with Gasteiger partial charge in [0.25, 0.3) is 0 Å². The molecule has 1 aliphatic heterocycles. The van der Waals surface area contributed by atoms with Gasteiger partial charge in [0.15, 0.2) is 0 Å². The summed E-state index contributed by atoms with van der Waals surface area (Å²) in [6, 6.07) is 0. The van der Waals surface area contributed by atoms with Crippen molar-refractivity contribution < 1.29 is 9.90 Å². The first-order chi connectivity index (χ1) is 5.24. The minimum Gasteiger partial charge on any atom is -0.396 e. The zero-order chi connectivity index (χ0) is 8.27. The molecule has 0 aliphatic carbocycles. The van der Waals surface area contributed by atoms with Crippen LogP contribution in [0.2, 0.25) is 0 Å². The van der Waals surface area contributed by atoms with E-state index in [1.165, 1.54) is 0 Å². The fourth-order valence-electron chi connectivity index (χ4n) is 1.48. The lowest BCUT2D eigenvalue weighted by Crippen LogP contribution is -2.38. The van der Waals surface area contributed by atoms with E-state index < -0.39 is 0 Å². The van der Waals surface area contributed by atoms with Crippen LogP contribution in [0.15, 0.2) is 0 Å². The van der Waals surface area contributed by atoms with E-state index in [0.29, 0.717) is 18.6 Å². The molecule has 3 nitrogen and oxygen atoms in total. The standard InChI is InChI=1S/C8H15NO2/c1-9-4-2-8(11)7(6-9)3-5-10/h7,10H,2-6H2,1H3. The monoisotopic (exact) mass is 157 g/mol. The predicted molar refractivity (Wildman–Crippen MR) is 42.3 cm³/mol. The highest BCUT2D eigenvalue weighted by molar-refractivity contribution is 5.82. The highest BCUT2D eigenvalue weighted by atomic mass is 16.3. The molecule has 0 aromatic rings. The van der Waals surface area contributed by atoms with Crippen molar-refractivity contribution >= 4 is 5.78 Å². The number of carbonyl (C=O) groups is 1. The molecule has 1 saturated heterocycles. The molecule has 0 spiro atoms. The number of ketones is 1. The number of aliphatic hydroxyl groups excluding tert-OH is 1. The van der Waals surface area contributed by atoms with E-state index >= 15 is 0 Å². The van der Waals surface area contributed by atoms with Gasteiger partial charge in [-0.25, -0.2) is 0 Å². The molecule has 0 bridgehead atoms. The number of hydrogen-bond acceptors (Lipinski definition) is 3. The lowest BCUT2D eigenvalue weighted by atomic mass is 9.94. The van der Waals surface area contributed by atoms with E-state index in [0.717, 1.165) is 13.1 Å². The molecule has 1 aliphatic rings. The zero-order valence-electron chi connectivity index (χ0n) is 6.92. The van der Waals surface area contributed by atoms with Crippen molar-refractivity contribution in [3.63, 3.8) is 0 Å². The van der Waals surface area contributed by atoms with Gasteiger partial charge in [-0.2, -0.15) is 0 Å². The van der Waals surface area contributed by atoms with Crippen LogP contribution in [0.25, 0.3) is 0 Å². The Kier molecular flexibility index (Phi) is 3.02. The summed E-state index contributed by atoms with van der Waals surface area (Å²) in [7, 11) is 2.01. The summed E-state index contributed by atoms with van der Waals surface area (Å²) in [6.07, 6.45) is 1.28. The summed E-state index contributed by atoms with van der Waals surface area (Å²) in [5.74, 6) is 0.399. The number of likely N-dealkylation sites (tertiary alicyclic amines) is 1. The summed E-state index contributed by atoms with van der Waals surface area (Å²) in [4.78, 5) is 13.3. The topological polar surface area (TPSA) is 40.5 Å². The highest BCUT2D eigenvalue weighted by Crippen LogP contribution is 2.13. The fourth-order valence-corrected chi connectivity index (χ4v) is 1.48. The van der Waals surface area contributed by atoms with Crippen molar-refractivity contribution in [3.8, 4) is 0 Å². The SMILES string of the molecule is CN1CCC(=O)C(CCO)C1. The first kappa shape index (κ1) is 8.68. The van der Waals surface area contributed by atoms with Crippen LogP contribution in [0.4, 0.5) is 0 Å². The van der Waals surface area contributed by atoms with E-state index in [9.17, 15) is 4.79 Å². The molecule has 1 N–H and O–H groups in total. The van der Waals surface area contributed by atoms with Crippen LogP contribution in [-0.2, 0) is 4.79 Å². The molecule has 3 heteroatoms. The van der Waals surface area contributed by atoms with E-state index in [1.807, 2.05) is 7.05 Å². The van der Waals surface area contributed by atoms with Crippen LogP contribution in [0, 0.1) is 5.92 Å². The van der Waals surface area contributed by atoms with Crippen molar-refractivity contribution in [2.45, 2.75) is 12.8 Å². The lowest BCUT2D eigenvalue weighted by molar-refractivity contribution is -0.126. The molecule has 1 fully saturated rings. The average molecular weight is 157 g/mol. The maximum Gasteiger partial charge on any atom is 0.138 e. The van der Waals surface area contributed by atoms with Gasteiger partial charge in [-0.15, -0.1) is 0 Å². The van der Waals surface area contributed by atoms with Crippen molar-refractivity contribution in [3.05, 3.63) is 0 Å². The van der Waals surface area contributed by atoms with Gasteiger partial charge < -0.3 is 10.0 Å². The number of nitrogens with zero attached hydrogens (tertiary/aromatic N) is 1. The van der Waals surface area contributed by atoms with Crippen LogP contribution in [0.5, 0.6) is 0 Å². The molecular weight excluding hydrogens is 142 g/mol. The zero-order valence-corrected chi connectivity index (χ0v) is 6.92. The number of hydrogen-bond donors (Lipinski definition) is 1. The Hall–Kier alpha value is -0.410. The maximum atomic E-state index is 11.2. The van der Waals surface area contributed by atoms with Crippen molar-refractivity contribution in [2.24, 2.45) is 5.92 Å². The van der Waals surface area contributed by atoms with Crippen LogP contribution >= 0.6 is 0 Å². The molecule has 0 radical (unpaired) electrons. The molecule has 0 amide bonds. The van der Waals surface area contributed by atoms with E-state index in [2.05, 4.69) is 4.90 Å². The molecule has 1 heterocycles. The second-order valence-corrected chi connectivity index (χ2v) is 3.19. The summed E-state index contributed by atoms with van der Waals surface area (Å²) in [5, 5.41) is 8.65. The average Bonchev–Trinajstić information content (AvgIpc) is 1.98. The Morgan fingerprint density at radius 2 is 2.45 bits per heavy atom. The van der Waals surface area contributed by atoms with Gasteiger partial charge in [0, 0.05) is 32.0 Å². The summed E-state index contributed by atoms with van der Waals surface area (Å²) in [6.45, 7) is 1.82. The van der Waals surface area contributed by atoms with E-state index in [-0.39, 0.29) is 12.5 Å². The Morgan fingerprint density at radius 3 is 3.09 bits per heavy atom. The molecule has 1 atom stereocenters. The lowest BCUT2D eigenvalue weighted by Gasteiger charge is -2.27. The third kappa shape index (κ3) is 2.27. The number of Topliss-reactive ketones (excluding diaryl/α,β-unsaturated/α-hetero) is 1. The Bertz CT molecular complexity index is 147. The van der Waals surface area contributed by atoms with Gasteiger partial charge in [0.2, 0.25) is 0 Å². The minimum absolute atomic E-state index is 0.0822. The summed E-state index contributed by atoms with van der Waals surface area (Å²) in [5.41, 5.74) is 0. The Morgan fingerprint density at radius 1 is 1.73 bits per heavy atom. The van der Waals surface area contributed by atoms with Gasteiger partial charge in [-0.05, 0) is 13.5 Å². The quantitative estimate of drug-likeness (QED) is 0.608. The maximum absolute atomic E-state index is 11.2. The molecule has 64 valence electrons. The molecule has 0 aromatic carbocycles. The van der Waals surface area contributed by atoms with Gasteiger partial charge in [0.05, 0.1) is 0 Å². The van der Waals surface area contributed by atoms with Crippen molar-refractivity contribution in [2.75, 3.05) is 26.7 Å². The summed E-state index contributed by atoms with van der Waals surface area (Å²) < 4.78 is 0. The Balaban J connectivity index is 2.40. The van der Waals surface area contributed by atoms with Gasteiger partial charge >= 0.3 is 0 Å². The fraction of sp³-hybridized carbons (Fsp3) is 0.875. The second-order valence-electron chi connectivity index (χ2n) is 3.19. The number of rotatable bonds is 2. The summed E-state index contributed by atoms with van der Waals surface area (Å²) >= 11 is 0. The minimum atomic E-state index is 0.0822. The largest absolute Gasteiger partial charge is 0.396 e. The van der Waals surface area contributed by atoms with Gasteiger partial charge in [-0.1, -0.05) is 0 Å². The predicted octanol–water partition coefficient (Wildman–Crippen LogP) is -0.110. The molecular formula is C8H15NO2. The van der Waals surface area contributed by atoms with Crippen LogP contribution in [0.1, 0.15) is 12.8 Å². The third-order valence-electron chi connectivity index (χ3n) is 2.20. The van der Waals surface area contributed by atoms with Crippen LogP contribution in [-0.4, -0.2) is 42.5 Å². The molecule has 1 rings (SSSR count). The highest BCUT2D eigenvalue weighted by Gasteiger charge is 2.24. The van der Waals surface area contributed by atoms with Crippen molar-refractivity contribution in [1.82, 2.24) is 4.90 Å². The second kappa shape index (κ2) is 3.83. The third-order valence-corrected chi connectivity index (χ3v) is 2.20. The van der Waals surface area contributed by atoms with Crippen molar-refractivity contribution in [1.29, 1.82) is 0 Å². The number of aliphatic hydroxyl groups is 1. The van der Waals surface area contributed by atoms with Crippen LogP contribution in [0.3, 0.4) is 0 Å². The van der Waals surface area contributed by atoms with Gasteiger partial charge in [-0.3, -0.25) is 4.79 Å². The van der Waals surface area contributed by atoms with Gasteiger partial charge in [0.1, 0.15) is 5.78 Å². The molecule has 1 unspecified atom stereocenters. The van der Waals surface area contributed by atoms with Crippen LogP contribution < -0.4 is 0 Å².